The molecule has 2 atom stereocenters. The van der Waals surface area contributed by atoms with Gasteiger partial charge < -0.3 is 19.3 Å². The van der Waals surface area contributed by atoms with Crippen LogP contribution in [0.4, 0.5) is 5.82 Å². The number of fused-ring (bicyclic) bond motifs is 1. The number of aromatic nitrogens is 2. The minimum atomic E-state index is 0.117. The highest BCUT2D eigenvalue weighted by Crippen LogP contribution is 2.26. The van der Waals surface area contributed by atoms with Crippen molar-refractivity contribution in [3.8, 4) is 5.88 Å². The van der Waals surface area contributed by atoms with E-state index < -0.39 is 0 Å². The van der Waals surface area contributed by atoms with Gasteiger partial charge in [0.25, 0.3) is 0 Å². The first-order valence-electron chi connectivity index (χ1n) is 7.69. The number of anilines is 1. The number of amides is 1. The fourth-order valence-electron chi connectivity index (χ4n) is 3.31. The summed E-state index contributed by atoms with van der Waals surface area (Å²) in [4.78, 5) is 24.4. The maximum absolute atomic E-state index is 11.8. The van der Waals surface area contributed by atoms with Gasteiger partial charge in [-0.1, -0.05) is 0 Å². The minimum absolute atomic E-state index is 0.117. The molecule has 3 rings (SSSR count). The lowest BCUT2D eigenvalue weighted by Crippen LogP contribution is -2.52. The van der Waals surface area contributed by atoms with E-state index in [9.17, 15) is 4.79 Å². The van der Waals surface area contributed by atoms with Crippen molar-refractivity contribution in [2.75, 3.05) is 38.3 Å². The first-order chi connectivity index (χ1) is 10.7. The van der Waals surface area contributed by atoms with Crippen LogP contribution in [0.25, 0.3) is 0 Å². The van der Waals surface area contributed by atoms with Crippen molar-refractivity contribution in [2.45, 2.75) is 31.9 Å². The lowest BCUT2D eigenvalue weighted by atomic mass is 10.0. The van der Waals surface area contributed by atoms with Gasteiger partial charge in [-0.2, -0.15) is 0 Å². The Labute approximate surface area is 130 Å². The fraction of sp³-hybridized carbons (Fsp3) is 0.667. The summed E-state index contributed by atoms with van der Waals surface area (Å²) in [6.45, 7) is 4.65. The van der Waals surface area contributed by atoms with E-state index in [4.69, 9.17) is 9.47 Å². The molecule has 0 saturated carbocycles. The Balaban J connectivity index is 1.74. The van der Waals surface area contributed by atoms with Gasteiger partial charge in [-0.15, -0.1) is 0 Å². The quantitative estimate of drug-likeness (QED) is 0.801. The Bertz CT molecular complexity index is 539. The van der Waals surface area contributed by atoms with Crippen LogP contribution in [-0.2, 0) is 9.53 Å². The van der Waals surface area contributed by atoms with Gasteiger partial charge in [-0.3, -0.25) is 4.79 Å². The number of hydrogen-bond acceptors (Lipinski definition) is 6. The molecule has 7 nitrogen and oxygen atoms in total. The van der Waals surface area contributed by atoms with Crippen LogP contribution in [0.2, 0.25) is 0 Å². The van der Waals surface area contributed by atoms with Crippen LogP contribution in [0.1, 0.15) is 19.8 Å². The molecular formula is C15H22N4O3. The summed E-state index contributed by atoms with van der Waals surface area (Å²) in [5, 5.41) is 0. The summed E-state index contributed by atoms with van der Waals surface area (Å²) in [7, 11) is 1.60. The van der Waals surface area contributed by atoms with Crippen LogP contribution < -0.4 is 9.64 Å². The smallest absolute Gasteiger partial charge is 0.219 e. The maximum atomic E-state index is 11.8. The number of carbonyl (C=O) groups is 1. The first kappa shape index (κ1) is 15.0. The number of rotatable bonds is 2. The second-order valence-corrected chi connectivity index (χ2v) is 5.67. The number of ether oxygens (including phenoxy) is 2. The zero-order valence-corrected chi connectivity index (χ0v) is 13.1. The van der Waals surface area contributed by atoms with Crippen LogP contribution in [0.5, 0.6) is 5.88 Å². The molecule has 0 unspecified atom stereocenters. The van der Waals surface area contributed by atoms with Crippen molar-refractivity contribution in [1.29, 1.82) is 0 Å². The third kappa shape index (κ3) is 2.99. The van der Waals surface area contributed by atoms with E-state index in [1.807, 2.05) is 11.0 Å². The standard InChI is InChI=1S/C15H22N4O3/c1-11(20)19-7-8-22-13-4-6-18(5-3-12(13)19)14-9-15(21-2)17-10-16-14/h9-10,12-13H,3-8H2,1-2H3/t12-,13-/m0/s1. The van der Waals surface area contributed by atoms with Crippen LogP contribution >= 0.6 is 0 Å². The van der Waals surface area contributed by atoms with Crippen molar-refractivity contribution in [2.24, 2.45) is 0 Å². The molecule has 0 aromatic carbocycles. The van der Waals surface area contributed by atoms with E-state index in [0.29, 0.717) is 19.0 Å². The number of nitrogens with zero attached hydrogens (tertiary/aromatic N) is 4. The highest BCUT2D eigenvalue weighted by atomic mass is 16.5. The second kappa shape index (κ2) is 6.48. The highest BCUT2D eigenvalue weighted by molar-refractivity contribution is 5.73. The molecule has 22 heavy (non-hydrogen) atoms. The molecule has 0 aliphatic carbocycles. The maximum Gasteiger partial charge on any atom is 0.219 e. The monoisotopic (exact) mass is 306 g/mol. The predicted molar refractivity (Wildman–Crippen MR) is 80.9 cm³/mol. The van der Waals surface area contributed by atoms with Gasteiger partial charge >= 0.3 is 0 Å². The summed E-state index contributed by atoms with van der Waals surface area (Å²) >= 11 is 0. The summed E-state index contributed by atoms with van der Waals surface area (Å²) in [6.07, 6.45) is 3.41. The average Bonchev–Trinajstić information content (AvgIpc) is 2.77. The summed E-state index contributed by atoms with van der Waals surface area (Å²) in [5.74, 6) is 1.56. The molecule has 1 aromatic rings. The Morgan fingerprint density at radius 2 is 2.14 bits per heavy atom. The van der Waals surface area contributed by atoms with E-state index in [1.165, 1.54) is 6.33 Å². The summed E-state index contributed by atoms with van der Waals surface area (Å²) in [6, 6.07) is 2.01. The Morgan fingerprint density at radius 1 is 1.32 bits per heavy atom. The molecule has 3 heterocycles. The van der Waals surface area contributed by atoms with Gasteiger partial charge in [0.05, 0.1) is 25.9 Å². The number of carbonyl (C=O) groups excluding carboxylic acids is 1. The predicted octanol–water partition coefficient (Wildman–Crippen LogP) is 0.701. The van der Waals surface area contributed by atoms with Crippen molar-refractivity contribution in [1.82, 2.24) is 14.9 Å². The fourth-order valence-corrected chi connectivity index (χ4v) is 3.31. The molecule has 2 aliphatic heterocycles. The number of hydrogen-bond donors (Lipinski definition) is 0. The van der Waals surface area contributed by atoms with Gasteiger partial charge in [-0.05, 0) is 12.8 Å². The Hall–Kier alpha value is -1.89. The van der Waals surface area contributed by atoms with Crippen LogP contribution in [0.15, 0.2) is 12.4 Å². The van der Waals surface area contributed by atoms with Crippen LogP contribution in [0, 0.1) is 0 Å². The molecule has 0 radical (unpaired) electrons. The van der Waals surface area contributed by atoms with E-state index in [-0.39, 0.29) is 18.1 Å². The van der Waals surface area contributed by atoms with Crippen molar-refractivity contribution in [3.63, 3.8) is 0 Å². The lowest BCUT2D eigenvalue weighted by molar-refractivity contribution is -0.144. The molecule has 0 N–H and O–H groups in total. The first-order valence-corrected chi connectivity index (χ1v) is 7.69. The SMILES string of the molecule is COc1cc(N2CC[C@@H]3OCCN(C(C)=O)[C@H]3CC2)ncn1. The zero-order valence-electron chi connectivity index (χ0n) is 13.1. The van der Waals surface area contributed by atoms with Crippen molar-refractivity contribution >= 4 is 11.7 Å². The Kier molecular flexibility index (Phi) is 4.42. The van der Waals surface area contributed by atoms with E-state index in [1.54, 1.807) is 14.0 Å². The van der Waals surface area contributed by atoms with Gasteiger partial charge in [0.15, 0.2) is 0 Å². The van der Waals surface area contributed by atoms with E-state index >= 15 is 0 Å². The Morgan fingerprint density at radius 3 is 2.91 bits per heavy atom. The topological polar surface area (TPSA) is 67.8 Å². The molecule has 0 bridgehead atoms. The molecule has 0 spiro atoms. The molecule has 1 amide bonds. The highest BCUT2D eigenvalue weighted by Gasteiger charge is 2.36. The van der Waals surface area contributed by atoms with Crippen molar-refractivity contribution < 1.29 is 14.3 Å². The second-order valence-electron chi connectivity index (χ2n) is 5.67. The number of methoxy groups -OCH3 is 1. The van der Waals surface area contributed by atoms with Gasteiger partial charge in [-0.25, -0.2) is 9.97 Å². The zero-order chi connectivity index (χ0) is 15.5. The van der Waals surface area contributed by atoms with Gasteiger partial charge in [0.1, 0.15) is 12.1 Å². The normalized spacial score (nSPS) is 25.4. The molecule has 2 aliphatic rings. The lowest BCUT2D eigenvalue weighted by Gasteiger charge is -2.39. The van der Waals surface area contributed by atoms with Gasteiger partial charge in [0.2, 0.25) is 11.8 Å². The minimum Gasteiger partial charge on any atom is -0.481 e. The van der Waals surface area contributed by atoms with Crippen LogP contribution in [0.3, 0.4) is 0 Å². The largest absolute Gasteiger partial charge is 0.481 e. The summed E-state index contributed by atoms with van der Waals surface area (Å²) in [5.41, 5.74) is 0. The molecule has 2 fully saturated rings. The third-order valence-corrected chi connectivity index (χ3v) is 4.44. The molecular weight excluding hydrogens is 284 g/mol. The number of morpholine rings is 1. The van der Waals surface area contributed by atoms with Crippen LogP contribution in [-0.4, -0.2) is 66.3 Å². The molecule has 120 valence electrons. The van der Waals surface area contributed by atoms with E-state index in [2.05, 4.69) is 14.9 Å². The third-order valence-electron chi connectivity index (χ3n) is 4.44. The molecule has 1 aromatic heterocycles. The molecule has 2 saturated heterocycles. The van der Waals surface area contributed by atoms with Gasteiger partial charge in [0, 0.05) is 32.6 Å². The van der Waals surface area contributed by atoms with Crippen molar-refractivity contribution in [3.05, 3.63) is 12.4 Å². The average molecular weight is 306 g/mol. The molecule has 7 heteroatoms. The summed E-state index contributed by atoms with van der Waals surface area (Å²) < 4.78 is 11.1. The van der Waals surface area contributed by atoms with E-state index in [0.717, 1.165) is 31.7 Å².